The van der Waals surface area contributed by atoms with E-state index in [0.29, 0.717) is 12.8 Å². The number of carboxylic acid groups (broad SMARTS) is 1. The van der Waals surface area contributed by atoms with Gasteiger partial charge in [-0.1, -0.05) is 111 Å². The van der Waals surface area contributed by atoms with Crippen molar-refractivity contribution in [3.05, 3.63) is 0 Å². The van der Waals surface area contributed by atoms with Crippen molar-refractivity contribution in [2.75, 3.05) is 31.7 Å². The molecule has 2 unspecified atom stereocenters. The molecule has 0 aromatic heterocycles. The first-order chi connectivity index (χ1) is 20.8. The summed E-state index contributed by atoms with van der Waals surface area (Å²) in [5.74, 6) is -1.71. The number of carboxylic acids is 1. The molecule has 0 saturated heterocycles. The average Bonchev–Trinajstić information content (AvgIpc) is 2.99. The molecule has 0 saturated carbocycles. The minimum absolute atomic E-state index is 0.144. The molecule has 0 aliphatic rings. The topological polar surface area (TPSA) is 174 Å². The van der Waals surface area contributed by atoms with Crippen LogP contribution in [0.2, 0.25) is 0 Å². The number of carbonyl (C=O) groups is 4. The van der Waals surface area contributed by atoms with Crippen LogP contribution >= 0.6 is 21.6 Å². The van der Waals surface area contributed by atoms with E-state index in [9.17, 15) is 24.3 Å². The summed E-state index contributed by atoms with van der Waals surface area (Å²) in [7, 11) is 3.79. The molecule has 252 valence electrons. The summed E-state index contributed by atoms with van der Waals surface area (Å²) in [6.07, 6.45) is 20.5. The number of nitrogens with two attached hydrogens (primary N) is 2. The van der Waals surface area contributed by atoms with E-state index in [1.54, 1.807) is 0 Å². The maximum atomic E-state index is 12.4. The fourth-order valence-electron chi connectivity index (χ4n) is 4.59. The highest BCUT2D eigenvalue weighted by Gasteiger charge is 2.23. The summed E-state index contributed by atoms with van der Waals surface area (Å²) in [6.45, 7) is 1.52. The number of aliphatic carboxylic acids is 1. The van der Waals surface area contributed by atoms with Crippen LogP contribution in [0, 0.1) is 0 Å². The molecule has 0 fully saturated rings. The van der Waals surface area contributed by atoms with Gasteiger partial charge in [-0.05, 0) is 38.8 Å². The number of amides is 2. The SMILES string of the molecule is COC(=O)C(CSSCC(NC(=O)CCCCCCCCCCCN)C(=O)O)NC(=O)CCCCCCCCCCCN. The molecule has 2 amide bonds. The summed E-state index contributed by atoms with van der Waals surface area (Å²) < 4.78 is 4.84. The highest BCUT2D eigenvalue weighted by atomic mass is 33.1. The molecule has 0 heterocycles. The number of hydrogen-bond donors (Lipinski definition) is 5. The van der Waals surface area contributed by atoms with E-state index in [1.807, 2.05) is 0 Å². The second-order valence-corrected chi connectivity index (χ2v) is 13.7. The first-order valence-corrected chi connectivity index (χ1v) is 18.9. The van der Waals surface area contributed by atoms with Crippen molar-refractivity contribution in [2.24, 2.45) is 11.5 Å². The maximum Gasteiger partial charge on any atom is 0.329 e. The largest absolute Gasteiger partial charge is 0.480 e. The van der Waals surface area contributed by atoms with E-state index in [0.717, 1.165) is 77.3 Å². The van der Waals surface area contributed by atoms with Crippen molar-refractivity contribution < 1.29 is 29.0 Å². The molecule has 0 spiro atoms. The smallest absolute Gasteiger partial charge is 0.329 e. The highest BCUT2D eigenvalue weighted by Crippen LogP contribution is 2.23. The van der Waals surface area contributed by atoms with E-state index >= 15 is 0 Å². The number of unbranched alkanes of at least 4 members (excludes halogenated alkanes) is 16. The van der Waals surface area contributed by atoms with Gasteiger partial charge in [0.25, 0.3) is 0 Å². The zero-order chi connectivity index (χ0) is 32.0. The standard InChI is InChI=1S/C31H60N4O6S2/c1-41-31(40)27(35-29(37)21-17-13-9-5-3-7-11-15-19-23-33)25-43-42-24-26(30(38)39)34-28(36)20-16-12-8-4-2-6-10-14-18-22-32/h26-27H,2-25,32-33H2,1H3,(H,34,36)(H,35,37)(H,38,39). The van der Waals surface area contributed by atoms with Crippen LogP contribution in [-0.4, -0.2) is 72.6 Å². The molecule has 0 rings (SSSR count). The average molecular weight is 649 g/mol. The second-order valence-electron chi connectivity index (χ2n) is 11.1. The van der Waals surface area contributed by atoms with Crippen LogP contribution in [-0.2, 0) is 23.9 Å². The normalized spacial score (nSPS) is 12.4. The zero-order valence-corrected chi connectivity index (χ0v) is 28.2. The fourth-order valence-corrected chi connectivity index (χ4v) is 6.89. The first-order valence-electron chi connectivity index (χ1n) is 16.4. The number of methoxy groups -OCH3 is 1. The third kappa shape index (κ3) is 26.6. The lowest BCUT2D eigenvalue weighted by atomic mass is 10.1. The fraction of sp³-hybridized carbons (Fsp3) is 0.871. The van der Waals surface area contributed by atoms with Crippen LogP contribution in [0.25, 0.3) is 0 Å². The van der Waals surface area contributed by atoms with Gasteiger partial charge in [-0.15, -0.1) is 0 Å². The molecule has 10 nitrogen and oxygen atoms in total. The number of nitrogens with one attached hydrogen (secondary N) is 2. The third-order valence-corrected chi connectivity index (χ3v) is 9.64. The molecule has 0 aromatic carbocycles. The van der Waals surface area contributed by atoms with Crippen molar-refractivity contribution in [1.29, 1.82) is 0 Å². The molecular formula is C31H60N4O6S2. The number of ether oxygens (including phenoxy) is 1. The van der Waals surface area contributed by atoms with Crippen LogP contribution in [0.5, 0.6) is 0 Å². The Hall–Kier alpha value is -1.50. The summed E-state index contributed by atoms with van der Waals surface area (Å²) in [5, 5.41) is 14.9. The molecule has 0 radical (unpaired) electrons. The Bertz CT molecular complexity index is 732. The highest BCUT2D eigenvalue weighted by molar-refractivity contribution is 8.76. The monoisotopic (exact) mass is 648 g/mol. The van der Waals surface area contributed by atoms with Gasteiger partial charge >= 0.3 is 11.9 Å². The Morgan fingerprint density at radius 1 is 0.581 bits per heavy atom. The number of rotatable bonds is 31. The lowest BCUT2D eigenvalue weighted by Crippen LogP contribution is -2.43. The molecule has 7 N–H and O–H groups in total. The lowest BCUT2D eigenvalue weighted by molar-refractivity contribution is -0.144. The zero-order valence-electron chi connectivity index (χ0n) is 26.6. The Labute approximate surface area is 268 Å². The van der Waals surface area contributed by atoms with Gasteiger partial charge in [0.05, 0.1) is 7.11 Å². The van der Waals surface area contributed by atoms with Gasteiger partial charge in [0.1, 0.15) is 12.1 Å². The van der Waals surface area contributed by atoms with Gasteiger partial charge in [-0.2, -0.15) is 0 Å². The van der Waals surface area contributed by atoms with Crippen LogP contribution < -0.4 is 22.1 Å². The predicted molar refractivity (Wildman–Crippen MR) is 179 cm³/mol. The molecule has 0 aliphatic carbocycles. The van der Waals surface area contributed by atoms with Crippen LogP contribution in [0.1, 0.15) is 128 Å². The summed E-state index contributed by atoms with van der Waals surface area (Å²) in [5.41, 5.74) is 11.0. The number of esters is 1. The van der Waals surface area contributed by atoms with E-state index < -0.39 is 24.0 Å². The van der Waals surface area contributed by atoms with E-state index in [1.165, 1.54) is 80.1 Å². The number of carbonyl (C=O) groups excluding carboxylic acids is 3. The molecule has 0 aliphatic heterocycles. The van der Waals surface area contributed by atoms with Crippen LogP contribution in [0.3, 0.4) is 0 Å². The lowest BCUT2D eigenvalue weighted by Gasteiger charge is -2.17. The van der Waals surface area contributed by atoms with Gasteiger partial charge < -0.3 is 31.9 Å². The van der Waals surface area contributed by atoms with Crippen molar-refractivity contribution in [1.82, 2.24) is 10.6 Å². The van der Waals surface area contributed by atoms with Crippen molar-refractivity contribution >= 4 is 45.3 Å². The van der Waals surface area contributed by atoms with Gasteiger partial charge in [0.2, 0.25) is 11.8 Å². The Morgan fingerprint density at radius 3 is 1.26 bits per heavy atom. The molecule has 12 heteroatoms. The molecule has 0 bridgehead atoms. The maximum absolute atomic E-state index is 12.4. The van der Waals surface area contributed by atoms with Crippen LogP contribution in [0.4, 0.5) is 0 Å². The van der Waals surface area contributed by atoms with Gasteiger partial charge in [0, 0.05) is 24.3 Å². The Morgan fingerprint density at radius 2 is 0.907 bits per heavy atom. The summed E-state index contributed by atoms with van der Waals surface area (Å²) >= 11 is 0. The molecular weight excluding hydrogens is 588 g/mol. The van der Waals surface area contributed by atoms with Gasteiger partial charge in [0.15, 0.2) is 0 Å². The predicted octanol–water partition coefficient (Wildman–Crippen LogP) is 5.31. The quantitative estimate of drug-likeness (QED) is 0.0376. The minimum Gasteiger partial charge on any atom is -0.480 e. The van der Waals surface area contributed by atoms with Crippen LogP contribution in [0.15, 0.2) is 0 Å². The summed E-state index contributed by atoms with van der Waals surface area (Å²) in [6, 6.07) is -1.83. The molecule has 0 aromatic rings. The summed E-state index contributed by atoms with van der Waals surface area (Å²) in [4.78, 5) is 48.5. The Balaban J connectivity index is 4.14. The molecule has 43 heavy (non-hydrogen) atoms. The van der Waals surface area contributed by atoms with Crippen molar-refractivity contribution in [3.8, 4) is 0 Å². The van der Waals surface area contributed by atoms with E-state index in [4.69, 9.17) is 16.2 Å². The Kier molecular flexibility index (Phi) is 29.5. The van der Waals surface area contributed by atoms with E-state index in [2.05, 4.69) is 10.6 Å². The second kappa shape index (κ2) is 30.5. The van der Waals surface area contributed by atoms with Gasteiger partial charge in [-0.25, -0.2) is 9.59 Å². The third-order valence-electron chi connectivity index (χ3n) is 7.22. The first kappa shape index (κ1) is 41.5. The van der Waals surface area contributed by atoms with Crippen molar-refractivity contribution in [2.45, 2.75) is 141 Å². The minimum atomic E-state index is -1.10. The van der Waals surface area contributed by atoms with Gasteiger partial charge in [-0.3, -0.25) is 9.59 Å². The molecule has 2 atom stereocenters. The van der Waals surface area contributed by atoms with E-state index in [-0.39, 0.29) is 23.3 Å². The number of hydrogen-bond acceptors (Lipinski definition) is 9. The van der Waals surface area contributed by atoms with Crippen molar-refractivity contribution in [3.63, 3.8) is 0 Å².